The van der Waals surface area contributed by atoms with Crippen LogP contribution in [0.25, 0.3) is 0 Å². The zero-order chi connectivity index (χ0) is 14.5. The molecule has 0 unspecified atom stereocenters. The fourth-order valence-electron chi connectivity index (χ4n) is 1.76. The van der Waals surface area contributed by atoms with Crippen LogP contribution in [0.5, 0.6) is 5.75 Å². The van der Waals surface area contributed by atoms with E-state index in [1.165, 1.54) is 6.07 Å². The van der Waals surface area contributed by atoms with E-state index in [-0.39, 0.29) is 12.1 Å². The Balaban J connectivity index is 2.19. The first-order valence-electron chi connectivity index (χ1n) is 5.90. The topological polar surface area (TPSA) is 45.0 Å². The lowest BCUT2D eigenvalue weighted by atomic mass is 10.1. The molecule has 2 aromatic carbocycles. The van der Waals surface area contributed by atoms with Gasteiger partial charge in [0.05, 0.1) is 18.4 Å². The van der Waals surface area contributed by atoms with E-state index >= 15 is 0 Å². The van der Waals surface area contributed by atoms with E-state index in [0.29, 0.717) is 11.3 Å². The van der Waals surface area contributed by atoms with Gasteiger partial charge < -0.3 is 10.1 Å². The number of nitriles is 1. The third kappa shape index (κ3) is 3.09. The summed E-state index contributed by atoms with van der Waals surface area (Å²) in [4.78, 5) is 0. The Morgan fingerprint density at radius 3 is 2.85 bits per heavy atom. The van der Waals surface area contributed by atoms with E-state index < -0.39 is 5.82 Å². The first-order valence-corrected chi connectivity index (χ1v) is 6.70. The molecule has 0 aromatic heterocycles. The molecule has 1 N–H and O–H groups in total. The van der Waals surface area contributed by atoms with Crippen LogP contribution in [0.4, 0.5) is 10.1 Å². The van der Waals surface area contributed by atoms with E-state index in [1.54, 1.807) is 19.2 Å². The fourth-order valence-corrected chi connectivity index (χ4v) is 2.15. The van der Waals surface area contributed by atoms with Crippen molar-refractivity contribution in [2.45, 2.75) is 6.54 Å². The van der Waals surface area contributed by atoms with Gasteiger partial charge in [-0.3, -0.25) is 0 Å². The molecular weight excluding hydrogens is 323 g/mol. The van der Waals surface area contributed by atoms with Gasteiger partial charge in [0.15, 0.2) is 0 Å². The SMILES string of the molecule is COc1ccc(Br)c(NCc2cccc(C#N)c2F)c1. The first kappa shape index (κ1) is 14.4. The number of nitrogens with one attached hydrogen (secondary N) is 1. The average molecular weight is 335 g/mol. The van der Waals surface area contributed by atoms with E-state index in [9.17, 15) is 4.39 Å². The zero-order valence-electron chi connectivity index (χ0n) is 10.8. The Hall–Kier alpha value is -2.06. The highest BCUT2D eigenvalue weighted by molar-refractivity contribution is 9.10. The summed E-state index contributed by atoms with van der Waals surface area (Å²) >= 11 is 3.42. The Labute approximate surface area is 125 Å². The van der Waals surface area contributed by atoms with Crippen LogP contribution in [0.15, 0.2) is 40.9 Å². The molecule has 0 aliphatic carbocycles. The predicted octanol–water partition coefficient (Wildman–Crippen LogP) is 4.08. The van der Waals surface area contributed by atoms with Crippen LogP contribution < -0.4 is 10.1 Å². The molecular formula is C15H12BrFN2O. The summed E-state index contributed by atoms with van der Waals surface area (Å²) in [5.41, 5.74) is 1.29. The maximum atomic E-state index is 13.9. The Morgan fingerprint density at radius 2 is 2.15 bits per heavy atom. The maximum absolute atomic E-state index is 13.9. The summed E-state index contributed by atoms with van der Waals surface area (Å²) < 4.78 is 19.9. The second kappa shape index (κ2) is 6.40. The summed E-state index contributed by atoms with van der Waals surface area (Å²) in [7, 11) is 1.59. The van der Waals surface area contributed by atoms with Crippen molar-refractivity contribution in [3.63, 3.8) is 0 Å². The third-order valence-corrected chi connectivity index (χ3v) is 3.53. The summed E-state index contributed by atoms with van der Waals surface area (Å²) in [5, 5.41) is 11.9. The second-order valence-corrected chi connectivity index (χ2v) is 4.94. The van der Waals surface area contributed by atoms with E-state index in [2.05, 4.69) is 21.2 Å². The molecule has 0 amide bonds. The summed E-state index contributed by atoms with van der Waals surface area (Å²) in [6.07, 6.45) is 0. The molecule has 0 aliphatic heterocycles. The third-order valence-electron chi connectivity index (χ3n) is 2.84. The quantitative estimate of drug-likeness (QED) is 0.916. The minimum absolute atomic E-state index is 0.0500. The molecule has 5 heteroatoms. The zero-order valence-corrected chi connectivity index (χ0v) is 12.4. The number of anilines is 1. The van der Waals surface area contributed by atoms with Crippen LogP contribution in [-0.4, -0.2) is 7.11 Å². The molecule has 3 nitrogen and oxygen atoms in total. The first-order chi connectivity index (χ1) is 9.65. The maximum Gasteiger partial charge on any atom is 0.145 e. The molecule has 2 aromatic rings. The van der Waals surface area contributed by atoms with E-state index in [1.807, 2.05) is 24.3 Å². The van der Waals surface area contributed by atoms with Gasteiger partial charge in [-0.25, -0.2) is 4.39 Å². The van der Waals surface area contributed by atoms with Gasteiger partial charge in [0.1, 0.15) is 17.6 Å². The molecule has 0 spiro atoms. The number of hydrogen-bond donors (Lipinski definition) is 1. The van der Waals surface area contributed by atoms with Gasteiger partial charge in [-0.15, -0.1) is 0 Å². The van der Waals surface area contributed by atoms with Crippen molar-refractivity contribution < 1.29 is 9.13 Å². The number of hydrogen-bond acceptors (Lipinski definition) is 3. The van der Waals surface area contributed by atoms with Gasteiger partial charge in [-0.1, -0.05) is 12.1 Å². The Morgan fingerprint density at radius 1 is 1.35 bits per heavy atom. The van der Waals surface area contributed by atoms with E-state index in [4.69, 9.17) is 10.00 Å². The molecule has 0 fully saturated rings. The largest absolute Gasteiger partial charge is 0.497 e. The fraction of sp³-hybridized carbons (Fsp3) is 0.133. The molecule has 0 radical (unpaired) electrons. The number of methoxy groups -OCH3 is 1. The Bertz CT molecular complexity index is 667. The highest BCUT2D eigenvalue weighted by Crippen LogP contribution is 2.27. The second-order valence-electron chi connectivity index (χ2n) is 4.09. The summed E-state index contributed by atoms with van der Waals surface area (Å²) in [6.45, 7) is 0.285. The number of rotatable bonds is 4. The van der Waals surface area contributed by atoms with Crippen molar-refractivity contribution in [1.82, 2.24) is 0 Å². The van der Waals surface area contributed by atoms with Gasteiger partial charge in [0.25, 0.3) is 0 Å². The predicted molar refractivity (Wildman–Crippen MR) is 79.1 cm³/mol. The summed E-state index contributed by atoms with van der Waals surface area (Å²) in [6, 6.07) is 12.1. The average Bonchev–Trinajstić information content (AvgIpc) is 2.47. The minimum Gasteiger partial charge on any atom is -0.497 e. The van der Waals surface area contributed by atoms with Crippen molar-refractivity contribution >= 4 is 21.6 Å². The van der Waals surface area contributed by atoms with Crippen LogP contribution in [0.1, 0.15) is 11.1 Å². The molecule has 0 bridgehead atoms. The summed E-state index contributed by atoms with van der Waals surface area (Å²) in [5.74, 6) is 0.225. The monoisotopic (exact) mass is 334 g/mol. The smallest absolute Gasteiger partial charge is 0.145 e. The molecule has 0 saturated heterocycles. The lowest BCUT2D eigenvalue weighted by Crippen LogP contribution is -2.03. The number of ether oxygens (including phenoxy) is 1. The van der Waals surface area contributed by atoms with Gasteiger partial charge in [-0.05, 0) is 34.1 Å². The standard InChI is InChI=1S/C15H12BrFN2O/c1-20-12-5-6-13(16)14(7-12)19-9-11-4-2-3-10(8-18)15(11)17/h2-7,19H,9H2,1H3. The van der Waals surface area contributed by atoms with Crippen LogP contribution in [0.3, 0.4) is 0 Å². The number of halogens is 2. The minimum atomic E-state index is -0.485. The van der Waals surface area contributed by atoms with Gasteiger partial charge in [-0.2, -0.15) is 5.26 Å². The highest BCUT2D eigenvalue weighted by Gasteiger charge is 2.08. The lowest BCUT2D eigenvalue weighted by Gasteiger charge is -2.11. The van der Waals surface area contributed by atoms with Crippen molar-refractivity contribution in [3.8, 4) is 11.8 Å². The molecule has 0 atom stereocenters. The van der Waals surface area contributed by atoms with Gasteiger partial charge in [0, 0.05) is 22.6 Å². The molecule has 0 saturated carbocycles. The molecule has 20 heavy (non-hydrogen) atoms. The molecule has 102 valence electrons. The van der Waals surface area contributed by atoms with Crippen LogP contribution >= 0.6 is 15.9 Å². The highest BCUT2D eigenvalue weighted by atomic mass is 79.9. The molecule has 0 aliphatic rings. The molecule has 0 heterocycles. The van der Waals surface area contributed by atoms with Crippen LogP contribution in [0, 0.1) is 17.1 Å². The van der Waals surface area contributed by atoms with Crippen LogP contribution in [-0.2, 0) is 6.54 Å². The van der Waals surface area contributed by atoms with Crippen molar-refractivity contribution in [1.29, 1.82) is 5.26 Å². The van der Waals surface area contributed by atoms with Gasteiger partial charge >= 0.3 is 0 Å². The van der Waals surface area contributed by atoms with E-state index in [0.717, 1.165) is 10.2 Å². The lowest BCUT2D eigenvalue weighted by molar-refractivity contribution is 0.415. The van der Waals surface area contributed by atoms with Gasteiger partial charge in [0.2, 0.25) is 0 Å². The van der Waals surface area contributed by atoms with Crippen molar-refractivity contribution in [3.05, 3.63) is 57.8 Å². The van der Waals surface area contributed by atoms with Crippen molar-refractivity contribution in [2.75, 3.05) is 12.4 Å². The van der Waals surface area contributed by atoms with Crippen molar-refractivity contribution in [2.24, 2.45) is 0 Å². The number of nitrogens with zero attached hydrogens (tertiary/aromatic N) is 1. The number of benzene rings is 2. The molecule has 2 rings (SSSR count). The van der Waals surface area contributed by atoms with Crippen LogP contribution in [0.2, 0.25) is 0 Å². The normalized spacial score (nSPS) is 9.90. The Kier molecular flexibility index (Phi) is 4.59.